The van der Waals surface area contributed by atoms with Crippen LogP contribution in [0.25, 0.3) is 22.3 Å². The van der Waals surface area contributed by atoms with Crippen molar-refractivity contribution < 1.29 is 10.2 Å². The standard InChI is InChI=1S/C17H18N6O2/c18-3-2-17(7-16(8-17,9-24)10-25)23-6-12(5-22-23)14-13-1-4-19-15(13)21-11-20-14/h1,4-6,11,24-25H,2,7-10H2,(H,19,20,21). The minimum Gasteiger partial charge on any atom is -0.396 e. The van der Waals surface area contributed by atoms with E-state index >= 15 is 0 Å². The molecule has 0 radical (unpaired) electrons. The Hall–Kier alpha value is -2.76. The monoisotopic (exact) mass is 338 g/mol. The smallest absolute Gasteiger partial charge is 0.141 e. The topological polar surface area (TPSA) is 124 Å². The van der Waals surface area contributed by atoms with E-state index in [2.05, 4.69) is 26.1 Å². The number of aromatic nitrogens is 5. The Balaban J connectivity index is 1.71. The second kappa shape index (κ2) is 5.65. The molecule has 1 aliphatic rings. The molecule has 8 heteroatoms. The molecule has 0 aromatic carbocycles. The third kappa shape index (κ3) is 2.32. The highest BCUT2D eigenvalue weighted by Crippen LogP contribution is 2.54. The van der Waals surface area contributed by atoms with Crippen LogP contribution < -0.4 is 0 Å². The van der Waals surface area contributed by atoms with Crippen molar-refractivity contribution in [1.29, 1.82) is 5.26 Å². The molecule has 128 valence electrons. The summed E-state index contributed by atoms with van der Waals surface area (Å²) >= 11 is 0. The number of aromatic amines is 1. The van der Waals surface area contributed by atoms with Gasteiger partial charge < -0.3 is 15.2 Å². The second-order valence-electron chi connectivity index (χ2n) is 6.86. The lowest BCUT2D eigenvalue weighted by Gasteiger charge is -2.53. The number of nitriles is 1. The van der Waals surface area contributed by atoms with Crippen molar-refractivity contribution >= 4 is 11.0 Å². The van der Waals surface area contributed by atoms with Crippen molar-refractivity contribution in [2.24, 2.45) is 5.41 Å². The number of aliphatic hydroxyl groups excluding tert-OH is 2. The van der Waals surface area contributed by atoms with Crippen LogP contribution in [-0.2, 0) is 5.54 Å². The normalized spacial score (nSPS) is 18.0. The van der Waals surface area contributed by atoms with E-state index in [0.29, 0.717) is 12.8 Å². The molecular formula is C17H18N6O2. The van der Waals surface area contributed by atoms with Gasteiger partial charge in [0.1, 0.15) is 12.0 Å². The zero-order valence-corrected chi connectivity index (χ0v) is 13.6. The summed E-state index contributed by atoms with van der Waals surface area (Å²) in [6.45, 7) is -0.193. The minimum atomic E-state index is -0.536. The van der Waals surface area contributed by atoms with Crippen molar-refractivity contribution in [3.05, 3.63) is 31.0 Å². The molecule has 0 unspecified atom stereocenters. The van der Waals surface area contributed by atoms with Crippen LogP contribution in [-0.4, -0.2) is 48.2 Å². The fourth-order valence-electron chi connectivity index (χ4n) is 3.94. The molecule has 0 atom stereocenters. The second-order valence-corrected chi connectivity index (χ2v) is 6.86. The molecule has 1 fully saturated rings. The van der Waals surface area contributed by atoms with E-state index in [-0.39, 0.29) is 19.6 Å². The number of H-pyrrole nitrogens is 1. The van der Waals surface area contributed by atoms with Gasteiger partial charge in [0.15, 0.2) is 0 Å². The summed E-state index contributed by atoms with van der Waals surface area (Å²) in [4.78, 5) is 11.6. The molecule has 0 bridgehead atoms. The van der Waals surface area contributed by atoms with Gasteiger partial charge in [-0.1, -0.05) is 0 Å². The van der Waals surface area contributed by atoms with E-state index < -0.39 is 11.0 Å². The van der Waals surface area contributed by atoms with Gasteiger partial charge in [-0.2, -0.15) is 10.4 Å². The minimum absolute atomic E-state index is 0.0965. The molecule has 0 spiro atoms. The molecule has 1 aliphatic carbocycles. The van der Waals surface area contributed by atoms with Gasteiger partial charge in [-0.3, -0.25) is 4.68 Å². The fourth-order valence-corrected chi connectivity index (χ4v) is 3.94. The van der Waals surface area contributed by atoms with Crippen LogP contribution in [0, 0.1) is 16.7 Å². The maximum Gasteiger partial charge on any atom is 0.141 e. The number of nitrogens with zero attached hydrogens (tertiary/aromatic N) is 5. The Morgan fingerprint density at radius 3 is 2.80 bits per heavy atom. The molecule has 1 saturated carbocycles. The Kier molecular flexibility index (Phi) is 3.56. The summed E-state index contributed by atoms with van der Waals surface area (Å²) in [7, 11) is 0. The summed E-state index contributed by atoms with van der Waals surface area (Å²) in [5.41, 5.74) is 1.34. The zero-order chi connectivity index (χ0) is 17.5. The molecule has 25 heavy (non-hydrogen) atoms. The lowest BCUT2D eigenvalue weighted by atomic mass is 9.57. The van der Waals surface area contributed by atoms with Crippen molar-refractivity contribution in [2.45, 2.75) is 24.8 Å². The van der Waals surface area contributed by atoms with Gasteiger partial charge in [0.05, 0.1) is 43.1 Å². The van der Waals surface area contributed by atoms with E-state index in [1.165, 1.54) is 6.33 Å². The highest BCUT2D eigenvalue weighted by Gasteiger charge is 2.55. The molecule has 3 N–H and O–H groups in total. The van der Waals surface area contributed by atoms with Crippen molar-refractivity contribution in [3.8, 4) is 17.3 Å². The highest BCUT2D eigenvalue weighted by atomic mass is 16.3. The lowest BCUT2D eigenvalue weighted by molar-refractivity contribution is -0.0999. The first-order valence-electron chi connectivity index (χ1n) is 8.08. The molecule has 8 nitrogen and oxygen atoms in total. The molecule has 3 heterocycles. The molecule has 4 rings (SSSR count). The van der Waals surface area contributed by atoms with Gasteiger partial charge in [-0.15, -0.1) is 0 Å². The largest absolute Gasteiger partial charge is 0.396 e. The summed E-state index contributed by atoms with van der Waals surface area (Å²) in [5.74, 6) is 0. The van der Waals surface area contributed by atoms with Gasteiger partial charge in [0.25, 0.3) is 0 Å². The predicted octanol–water partition coefficient (Wildman–Crippen LogP) is 1.20. The molecule has 0 amide bonds. The third-order valence-electron chi connectivity index (χ3n) is 5.18. The van der Waals surface area contributed by atoms with Crippen LogP contribution >= 0.6 is 0 Å². The van der Waals surface area contributed by atoms with Crippen LogP contribution in [0.3, 0.4) is 0 Å². The van der Waals surface area contributed by atoms with E-state index in [9.17, 15) is 15.5 Å². The molecule has 3 aromatic heterocycles. The number of hydrogen-bond donors (Lipinski definition) is 3. The van der Waals surface area contributed by atoms with E-state index in [1.807, 2.05) is 18.5 Å². The Labute approximate surface area is 143 Å². The first-order chi connectivity index (χ1) is 12.2. The van der Waals surface area contributed by atoms with E-state index in [1.54, 1.807) is 10.9 Å². The maximum atomic E-state index is 9.57. The average molecular weight is 338 g/mol. The zero-order valence-electron chi connectivity index (χ0n) is 13.6. The van der Waals surface area contributed by atoms with Crippen LogP contribution in [0.4, 0.5) is 0 Å². The SMILES string of the molecule is N#CCC1(n2cc(-c3ncnc4[nH]ccc34)cn2)CC(CO)(CO)C1. The first-order valence-corrected chi connectivity index (χ1v) is 8.08. The van der Waals surface area contributed by atoms with Gasteiger partial charge in [0, 0.05) is 28.8 Å². The first kappa shape index (κ1) is 15.7. The summed E-state index contributed by atoms with van der Waals surface area (Å²) in [6.07, 6.45) is 8.24. The van der Waals surface area contributed by atoms with Crippen molar-refractivity contribution in [3.63, 3.8) is 0 Å². The Bertz CT molecular complexity index is 941. The molecule has 3 aromatic rings. The molecule has 0 saturated heterocycles. The predicted molar refractivity (Wildman–Crippen MR) is 89.2 cm³/mol. The van der Waals surface area contributed by atoms with E-state index in [4.69, 9.17) is 0 Å². The number of aliphatic hydroxyl groups is 2. The van der Waals surface area contributed by atoms with Crippen LogP contribution in [0.2, 0.25) is 0 Å². The lowest BCUT2D eigenvalue weighted by Crippen LogP contribution is -2.56. The van der Waals surface area contributed by atoms with Crippen LogP contribution in [0.15, 0.2) is 31.0 Å². The number of hydrogen-bond acceptors (Lipinski definition) is 6. The maximum absolute atomic E-state index is 9.57. The summed E-state index contributed by atoms with van der Waals surface area (Å²) in [5, 5.41) is 33.7. The van der Waals surface area contributed by atoms with Gasteiger partial charge in [0.2, 0.25) is 0 Å². The van der Waals surface area contributed by atoms with Crippen molar-refractivity contribution in [2.75, 3.05) is 13.2 Å². The third-order valence-corrected chi connectivity index (χ3v) is 5.18. The quantitative estimate of drug-likeness (QED) is 0.642. The average Bonchev–Trinajstić information content (AvgIpc) is 3.26. The van der Waals surface area contributed by atoms with Crippen molar-refractivity contribution in [1.82, 2.24) is 24.7 Å². The Morgan fingerprint density at radius 1 is 1.28 bits per heavy atom. The van der Waals surface area contributed by atoms with Gasteiger partial charge in [-0.05, 0) is 18.9 Å². The highest BCUT2D eigenvalue weighted by molar-refractivity contribution is 5.89. The van der Waals surface area contributed by atoms with Crippen LogP contribution in [0.1, 0.15) is 19.3 Å². The number of fused-ring (bicyclic) bond motifs is 1. The molecular weight excluding hydrogens is 320 g/mol. The van der Waals surface area contributed by atoms with Gasteiger partial charge >= 0.3 is 0 Å². The molecule has 0 aliphatic heterocycles. The van der Waals surface area contributed by atoms with Crippen LogP contribution in [0.5, 0.6) is 0 Å². The number of nitrogens with one attached hydrogen (secondary N) is 1. The fraction of sp³-hybridized carbons (Fsp3) is 0.412. The summed E-state index contributed by atoms with van der Waals surface area (Å²) < 4.78 is 1.79. The van der Waals surface area contributed by atoms with E-state index in [0.717, 1.165) is 22.3 Å². The summed E-state index contributed by atoms with van der Waals surface area (Å²) in [6, 6.07) is 4.13. The Morgan fingerprint density at radius 2 is 2.08 bits per heavy atom. The number of rotatable bonds is 5. The van der Waals surface area contributed by atoms with Gasteiger partial charge in [-0.25, -0.2) is 9.97 Å².